The zero-order chi connectivity index (χ0) is 26.7. The Morgan fingerprint density at radius 3 is 2.08 bits per heavy atom. The van der Waals surface area contributed by atoms with Crippen molar-refractivity contribution >= 4 is 38.9 Å². The number of hydrogen-bond acceptors (Lipinski definition) is 5. The third kappa shape index (κ3) is 8.75. The van der Waals surface area contributed by atoms with Crippen LogP contribution in [0.25, 0.3) is 0 Å². The van der Waals surface area contributed by atoms with Crippen LogP contribution in [-0.2, 0) is 14.8 Å². The first-order chi connectivity index (χ1) is 17.8. The van der Waals surface area contributed by atoms with Gasteiger partial charge in [-0.3, -0.25) is 9.10 Å². The van der Waals surface area contributed by atoms with Crippen LogP contribution >= 0.6 is 11.6 Å². The van der Waals surface area contributed by atoms with E-state index in [1.807, 2.05) is 6.92 Å². The zero-order valence-electron chi connectivity index (χ0n) is 21.8. The van der Waals surface area contributed by atoms with Gasteiger partial charge in [-0.25, -0.2) is 13.8 Å². The molecule has 2 aromatic carbocycles. The number of ether oxygens (including phenoxy) is 1. The Morgan fingerprint density at radius 1 is 0.946 bits per heavy atom. The molecule has 1 aliphatic carbocycles. The summed E-state index contributed by atoms with van der Waals surface area (Å²) in [6.45, 7) is 1.41. The molecule has 1 amide bonds. The summed E-state index contributed by atoms with van der Waals surface area (Å²) in [4.78, 5) is 13.1. The lowest BCUT2D eigenvalue weighted by Crippen LogP contribution is -2.40. The molecule has 0 heterocycles. The molecule has 0 unspecified atom stereocenters. The van der Waals surface area contributed by atoms with E-state index in [4.69, 9.17) is 16.3 Å². The number of hydrogen-bond donors (Lipinski definition) is 1. The number of benzene rings is 2. The van der Waals surface area contributed by atoms with Gasteiger partial charge < -0.3 is 4.74 Å². The molecular weight excluding hydrogens is 510 g/mol. The molecule has 0 atom stereocenters. The summed E-state index contributed by atoms with van der Waals surface area (Å²) in [6, 6.07) is 11.2. The number of carbonyl (C=O) groups is 1. The molecule has 0 saturated heterocycles. The first-order valence-electron chi connectivity index (χ1n) is 13.1. The van der Waals surface area contributed by atoms with Crippen LogP contribution in [0.3, 0.4) is 0 Å². The highest BCUT2D eigenvalue weighted by Crippen LogP contribution is 2.34. The Hall–Kier alpha value is -2.58. The summed E-state index contributed by atoms with van der Waals surface area (Å²) in [5.41, 5.74) is 4.69. The Morgan fingerprint density at radius 2 is 1.51 bits per heavy atom. The van der Waals surface area contributed by atoms with E-state index in [1.54, 1.807) is 24.3 Å². The van der Waals surface area contributed by atoms with Gasteiger partial charge in [-0.1, -0.05) is 74.2 Å². The van der Waals surface area contributed by atoms with Crippen LogP contribution in [0.1, 0.15) is 76.2 Å². The number of sulfonamides is 1. The molecule has 9 heteroatoms. The van der Waals surface area contributed by atoms with Crippen LogP contribution in [0.5, 0.6) is 5.75 Å². The third-order valence-electron chi connectivity index (χ3n) is 6.58. The average Bonchev–Trinajstić information content (AvgIpc) is 2.87. The molecule has 1 aliphatic rings. The van der Waals surface area contributed by atoms with Crippen molar-refractivity contribution in [2.45, 2.75) is 82.4 Å². The van der Waals surface area contributed by atoms with E-state index < -0.39 is 22.5 Å². The maximum atomic E-state index is 13.7. The van der Waals surface area contributed by atoms with Crippen molar-refractivity contribution in [2.75, 3.05) is 18.0 Å². The normalized spacial score (nSPS) is 15.7. The van der Waals surface area contributed by atoms with Gasteiger partial charge in [-0.2, -0.15) is 5.10 Å². The van der Waals surface area contributed by atoms with Crippen molar-refractivity contribution in [3.05, 3.63) is 53.1 Å². The van der Waals surface area contributed by atoms with Crippen molar-refractivity contribution < 1.29 is 17.9 Å². The first kappa shape index (κ1) is 29.0. The molecule has 7 nitrogen and oxygen atoms in total. The van der Waals surface area contributed by atoms with Crippen molar-refractivity contribution in [3.63, 3.8) is 0 Å². The number of hydrazone groups is 1. The molecule has 0 spiro atoms. The molecule has 2 aromatic rings. The van der Waals surface area contributed by atoms with Gasteiger partial charge in [0.05, 0.1) is 17.7 Å². The Balaban J connectivity index is 1.84. The molecule has 0 aromatic heterocycles. The molecular formula is C28H38ClN3O4S. The Kier molecular flexibility index (Phi) is 11.3. The molecule has 37 heavy (non-hydrogen) atoms. The molecule has 202 valence electrons. The fourth-order valence-electron chi connectivity index (χ4n) is 4.43. The van der Waals surface area contributed by atoms with Gasteiger partial charge in [-0.15, -0.1) is 0 Å². The number of halogens is 1. The van der Waals surface area contributed by atoms with Crippen molar-refractivity contribution in [3.8, 4) is 5.75 Å². The van der Waals surface area contributed by atoms with Crippen LogP contribution in [0, 0.1) is 6.92 Å². The number of nitrogens with zero attached hydrogens (tertiary/aromatic N) is 2. The van der Waals surface area contributed by atoms with Gasteiger partial charge in [0.1, 0.15) is 12.3 Å². The van der Waals surface area contributed by atoms with Crippen LogP contribution in [0.15, 0.2) is 52.5 Å². The van der Waals surface area contributed by atoms with Crippen molar-refractivity contribution in [1.82, 2.24) is 5.43 Å². The fourth-order valence-corrected chi connectivity index (χ4v) is 6.02. The summed E-state index contributed by atoms with van der Waals surface area (Å²) in [5.74, 6) is -0.241. The lowest BCUT2D eigenvalue weighted by molar-refractivity contribution is -0.119. The fraction of sp³-hybridized carbons (Fsp3) is 0.500. The molecule has 0 bridgehead atoms. The highest BCUT2D eigenvalue weighted by molar-refractivity contribution is 7.92. The number of aryl methyl sites for hydroxylation is 1. The molecule has 1 saturated carbocycles. The quantitative estimate of drug-likeness (QED) is 0.394. The minimum absolute atomic E-state index is 0.0681. The van der Waals surface area contributed by atoms with Gasteiger partial charge in [0, 0.05) is 10.7 Å². The summed E-state index contributed by atoms with van der Waals surface area (Å²) in [6.07, 6.45) is 12.4. The molecule has 1 N–H and O–H groups in total. The second-order valence-corrected chi connectivity index (χ2v) is 11.8. The van der Waals surface area contributed by atoms with E-state index in [-0.39, 0.29) is 10.6 Å². The predicted octanol–water partition coefficient (Wildman–Crippen LogP) is 6.63. The van der Waals surface area contributed by atoms with Gasteiger partial charge >= 0.3 is 0 Å². The molecule has 3 rings (SSSR count). The topological polar surface area (TPSA) is 88.1 Å². The Bertz CT molecular complexity index is 1150. The van der Waals surface area contributed by atoms with Crippen LogP contribution < -0.4 is 14.5 Å². The average molecular weight is 548 g/mol. The zero-order valence-corrected chi connectivity index (χ0v) is 23.4. The van der Waals surface area contributed by atoms with E-state index in [0.29, 0.717) is 10.8 Å². The van der Waals surface area contributed by atoms with Gasteiger partial charge in [0.25, 0.3) is 15.9 Å². The molecule has 0 aliphatic heterocycles. The Labute approximate surface area is 226 Å². The second-order valence-electron chi connectivity index (χ2n) is 9.54. The maximum Gasteiger partial charge on any atom is 0.264 e. The van der Waals surface area contributed by atoms with Crippen LogP contribution in [0.4, 0.5) is 5.69 Å². The molecule has 0 radical (unpaired) electrons. The van der Waals surface area contributed by atoms with Crippen molar-refractivity contribution in [2.24, 2.45) is 5.10 Å². The summed E-state index contributed by atoms with van der Waals surface area (Å²) in [7, 11) is -2.66. The smallest absolute Gasteiger partial charge is 0.264 e. The predicted molar refractivity (Wildman–Crippen MR) is 150 cm³/mol. The number of methoxy groups -OCH3 is 1. The van der Waals surface area contributed by atoms with E-state index in [9.17, 15) is 13.2 Å². The van der Waals surface area contributed by atoms with Gasteiger partial charge in [0.15, 0.2) is 0 Å². The highest BCUT2D eigenvalue weighted by Gasteiger charge is 2.29. The number of rotatable bonds is 7. The van der Waals surface area contributed by atoms with Crippen LogP contribution in [0.2, 0.25) is 5.02 Å². The van der Waals surface area contributed by atoms with E-state index in [1.165, 1.54) is 57.4 Å². The van der Waals surface area contributed by atoms with E-state index in [2.05, 4.69) is 10.5 Å². The second kappa shape index (κ2) is 14.4. The summed E-state index contributed by atoms with van der Waals surface area (Å²) < 4.78 is 33.8. The number of carbonyl (C=O) groups excluding carboxylic acids is 1. The standard InChI is InChI=1S/C28H38ClN3O4S/c1-22-14-17-25(18-15-22)37(34,35)32(26-20-23(29)16-19-27(26)36-2)21-28(33)31-30-24-12-10-8-6-4-3-5-7-9-11-13-24/h14-20H,3-13,21H2,1-2H3,(H,31,33). The highest BCUT2D eigenvalue weighted by atomic mass is 35.5. The summed E-state index contributed by atoms with van der Waals surface area (Å²) in [5, 5.41) is 4.75. The summed E-state index contributed by atoms with van der Waals surface area (Å²) >= 11 is 6.21. The maximum absolute atomic E-state index is 13.7. The lowest BCUT2D eigenvalue weighted by atomic mass is 10.00. The monoisotopic (exact) mass is 547 g/mol. The van der Waals surface area contributed by atoms with Crippen LogP contribution in [-0.4, -0.2) is 33.7 Å². The van der Waals surface area contributed by atoms with Gasteiger partial charge in [-0.05, 0) is 62.9 Å². The lowest BCUT2D eigenvalue weighted by Gasteiger charge is -2.25. The number of amides is 1. The number of nitrogens with one attached hydrogen (secondary N) is 1. The van der Waals surface area contributed by atoms with Crippen molar-refractivity contribution in [1.29, 1.82) is 0 Å². The van der Waals surface area contributed by atoms with E-state index in [0.717, 1.165) is 54.1 Å². The number of anilines is 1. The third-order valence-corrected chi connectivity index (χ3v) is 8.58. The minimum Gasteiger partial charge on any atom is -0.495 e. The molecule has 1 fully saturated rings. The minimum atomic E-state index is -4.10. The van der Waals surface area contributed by atoms with E-state index >= 15 is 0 Å². The van der Waals surface area contributed by atoms with Gasteiger partial charge in [0.2, 0.25) is 0 Å². The largest absolute Gasteiger partial charge is 0.495 e. The SMILES string of the molecule is COc1ccc(Cl)cc1N(CC(=O)NN=C1CCCCCCCCCCC1)S(=O)(=O)c1ccc(C)cc1. The first-order valence-corrected chi connectivity index (χ1v) is 14.9.